The maximum absolute atomic E-state index is 12.1. The molecule has 3 aromatic rings. The van der Waals surface area contributed by atoms with Gasteiger partial charge in [-0.2, -0.15) is 0 Å². The van der Waals surface area contributed by atoms with Gasteiger partial charge in [0.05, 0.1) is 12.2 Å². The van der Waals surface area contributed by atoms with Crippen molar-refractivity contribution in [2.75, 3.05) is 6.61 Å². The van der Waals surface area contributed by atoms with Crippen LogP contribution in [0.25, 0.3) is 22.3 Å². The summed E-state index contributed by atoms with van der Waals surface area (Å²) < 4.78 is 6.27. The Morgan fingerprint density at radius 2 is 1.46 bits per heavy atom. The first-order valence-corrected chi connectivity index (χ1v) is 13.9. The topological polar surface area (TPSA) is 75.6 Å². The molecule has 1 aliphatic carbocycles. The molecule has 0 fully saturated rings. The van der Waals surface area contributed by atoms with Gasteiger partial charge < -0.3 is 15.2 Å². The van der Waals surface area contributed by atoms with Crippen molar-refractivity contribution in [1.82, 2.24) is 5.32 Å². The van der Waals surface area contributed by atoms with Gasteiger partial charge in [-0.15, -0.1) is 0 Å². The van der Waals surface area contributed by atoms with E-state index in [1.165, 1.54) is 11.1 Å². The monoisotopic (exact) mass is 527 g/mol. The Hall–Kier alpha value is -3.60. The number of carboxylic acids is 1. The number of hydrogen-bond donors (Lipinski definition) is 2. The largest absolute Gasteiger partial charge is 0.493 e. The number of ether oxygens (including phenoxy) is 1. The molecule has 0 heterocycles. The zero-order valence-electron chi connectivity index (χ0n) is 24.1. The average Bonchev–Trinajstić information content (AvgIpc) is 2.89. The number of carbonyl (C=O) groups is 2. The maximum Gasteiger partial charge on any atom is 0.335 e. The molecule has 0 radical (unpaired) electrons. The Bertz CT molecular complexity index is 1350. The van der Waals surface area contributed by atoms with Gasteiger partial charge in [-0.1, -0.05) is 64.1 Å². The smallest absolute Gasteiger partial charge is 0.335 e. The van der Waals surface area contributed by atoms with Gasteiger partial charge in [-0.05, 0) is 96.0 Å². The van der Waals surface area contributed by atoms with Crippen molar-refractivity contribution in [3.05, 3.63) is 77.4 Å². The highest BCUT2D eigenvalue weighted by atomic mass is 16.5. The Balaban J connectivity index is 1.70. The lowest BCUT2D eigenvalue weighted by atomic mass is 9.63. The van der Waals surface area contributed by atoms with Crippen LogP contribution in [-0.2, 0) is 15.6 Å². The number of carbonyl (C=O) groups excluding carboxylic acids is 1. The van der Waals surface area contributed by atoms with Crippen LogP contribution in [0.4, 0.5) is 0 Å². The van der Waals surface area contributed by atoms with Crippen LogP contribution in [0.2, 0.25) is 0 Å². The van der Waals surface area contributed by atoms with E-state index in [-0.39, 0.29) is 28.3 Å². The third-order valence-corrected chi connectivity index (χ3v) is 7.86. The SMILES string of the molecule is CC(C)NC(=O)CCCOc1ccc(-c2ccc(C(=O)O)cc2)cc1-c1ccc2c(c1)C(C)(C)CCC2(C)C. The van der Waals surface area contributed by atoms with Crippen LogP contribution >= 0.6 is 0 Å². The van der Waals surface area contributed by atoms with Crippen LogP contribution < -0.4 is 10.1 Å². The van der Waals surface area contributed by atoms with E-state index in [1.54, 1.807) is 12.1 Å². The molecule has 5 nitrogen and oxygen atoms in total. The van der Waals surface area contributed by atoms with E-state index in [4.69, 9.17) is 4.74 Å². The molecule has 206 valence electrons. The number of nitrogens with one attached hydrogen (secondary N) is 1. The van der Waals surface area contributed by atoms with Gasteiger partial charge in [0.2, 0.25) is 5.91 Å². The van der Waals surface area contributed by atoms with Gasteiger partial charge in [0, 0.05) is 18.0 Å². The van der Waals surface area contributed by atoms with Gasteiger partial charge in [0.15, 0.2) is 0 Å². The van der Waals surface area contributed by atoms with E-state index in [0.29, 0.717) is 19.4 Å². The molecule has 2 N–H and O–H groups in total. The average molecular weight is 528 g/mol. The van der Waals surface area contributed by atoms with Crippen LogP contribution in [-0.4, -0.2) is 29.6 Å². The summed E-state index contributed by atoms with van der Waals surface area (Å²) in [6, 6.07) is 20.0. The molecular weight excluding hydrogens is 486 g/mol. The number of rotatable bonds is 9. The highest BCUT2D eigenvalue weighted by Gasteiger charge is 2.37. The van der Waals surface area contributed by atoms with Crippen molar-refractivity contribution < 1.29 is 19.4 Å². The minimum atomic E-state index is -0.937. The zero-order chi connectivity index (χ0) is 28.4. The summed E-state index contributed by atoms with van der Waals surface area (Å²) in [7, 11) is 0. The quantitative estimate of drug-likeness (QED) is 0.279. The summed E-state index contributed by atoms with van der Waals surface area (Å²) in [4.78, 5) is 23.4. The lowest BCUT2D eigenvalue weighted by molar-refractivity contribution is -0.121. The van der Waals surface area contributed by atoms with Gasteiger partial charge in [-0.25, -0.2) is 4.79 Å². The van der Waals surface area contributed by atoms with Crippen LogP contribution in [0, 0.1) is 0 Å². The number of carboxylic acid groups (broad SMARTS) is 1. The minimum absolute atomic E-state index is 0.0357. The molecule has 5 heteroatoms. The van der Waals surface area contributed by atoms with Crippen molar-refractivity contribution in [2.24, 2.45) is 0 Å². The molecule has 1 amide bonds. The molecule has 0 atom stereocenters. The van der Waals surface area contributed by atoms with Crippen LogP contribution in [0.3, 0.4) is 0 Å². The third kappa shape index (κ3) is 6.52. The fourth-order valence-corrected chi connectivity index (χ4v) is 5.43. The van der Waals surface area contributed by atoms with Crippen molar-refractivity contribution in [1.29, 1.82) is 0 Å². The Morgan fingerprint density at radius 1 is 0.846 bits per heavy atom. The van der Waals surface area contributed by atoms with Crippen molar-refractivity contribution in [3.63, 3.8) is 0 Å². The number of benzene rings is 3. The summed E-state index contributed by atoms with van der Waals surface area (Å²) in [5.41, 5.74) is 7.27. The summed E-state index contributed by atoms with van der Waals surface area (Å²) in [5, 5.41) is 12.2. The van der Waals surface area contributed by atoms with E-state index < -0.39 is 5.97 Å². The second-order valence-corrected chi connectivity index (χ2v) is 12.3. The van der Waals surface area contributed by atoms with E-state index in [1.807, 2.05) is 38.1 Å². The van der Waals surface area contributed by atoms with E-state index in [0.717, 1.165) is 40.8 Å². The molecule has 0 aromatic heterocycles. The van der Waals surface area contributed by atoms with E-state index in [2.05, 4.69) is 57.3 Å². The number of fused-ring (bicyclic) bond motifs is 1. The lowest BCUT2D eigenvalue weighted by Crippen LogP contribution is -2.33. The van der Waals surface area contributed by atoms with Crippen LogP contribution in [0.15, 0.2) is 60.7 Å². The summed E-state index contributed by atoms with van der Waals surface area (Å²) in [6.45, 7) is 13.7. The predicted molar refractivity (Wildman–Crippen MR) is 158 cm³/mol. The molecule has 4 rings (SSSR count). The second kappa shape index (κ2) is 11.3. The summed E-state index contributed by atoms with van der Waals surface area (Å²) in [6.07, 6.45) is 3.34. The number of hydrogen-bond acceptors (Lipinski definition) is 3. The van der Waals surface area contributed by atoms with Crippen molar-refractivity contribution in [2.45, 2.75) is 84.1 Å². The van der Waals surface area contributed by atoms with Gasteiger partial charge in [0.1, 0.15) is 5.75 Å². The molecule has 0 saturated carbocycles. The number of aromatic carboxylic acids is 1. The van der Waals surface area contributed by atoms with Crippen LogP contribution in [0.1, 0.15) is 88.7 Å². The fourth-order valence-electron chi connectivity index (χ4n) is 5.43. The summed E-state index contributed by atoms with van der Waals surface area (Å²) >= 11 is 0. The van der Waals surface area contributed by atoms with Crippen molar-refractivity contribution in [3.8, 4) is 28.0 Å². The molecule has 3 aromatic carbocycles. The molecule has 1 aliphatic rings. The molecular formula is C34H41NO4. The van der Waals surface area contributed by atoms with E-state index in [9.17, 15) is 14.7 Å². The fraction of sp³-hybridized carbons (Fsp3) is 0.412. The van der Waals surface area contributed by atoms with Crippen LogP contribution in [0.5, 0.6) is 5.75 Å². The molecule has 0 bridgehead atoms. The van der Waals surface area contributed by atoms with Gasteiger partial charge in [0.25, 0.3) is 0 Å². The predicted octanol–water partition coefficient (Wildman–Crippen LogP) is 7.75. The summed E-state index contributed by atoms with van der Waals surface area (Å²) in [5.74, 6) is -0.126. The second-order valence-electron chi connectivity index (χ2n) is 12.3. The molecule has 39 heavy (non-hydrogen) atoms. The van der Waals surface area contributed by atoms with Crippen molar-refractivity contribution >= 4 is 11.9 Å². The first-order chi connectivity index (χ1) is 18.4. The maximum atomic E-state index is 12.1. The third-order valence-electron chi connectivity index (χ3n) is 7.86. The van der Waals surface area contributed by atoms with E-state index >= 15 is 0 Å². The first-order valence-electron chi connectivity index (χ1n) is 13.9. The highest BCUT2D eigenvalue weighted by Crippen LogP contribution is 2.47. The molecule has 0 aliphatic heterocycles. The van der Waals surface area contributed by atoms with Gasteiger partial charge >= 0.3 is 5.97 Å². The Morgan fingerprint density at radius 3 is 2.10 bits per heavy atom. The molecule has 0 spiro atoms. The Kier molecular flexibility index (Phi) is 8.20. The minimum Gasteiger partial charge on any atom is -0.493 e. The zero-order valence-corrected chi connectivity index (χ0v) is 24.1. The van der Waals surface area contributed by atoms with Gasteiger partial charge in [-0.3, -0.25) is 4.79 Å². The standard InChI is InChI=1S/C34H41NO4/c1-22(2)35-31(36)8-7-19-39-30-16-14-25(23-9-11-24(12-10-23)32(37)38)20-27(30)26-13-15-28-29(21-26)34(5,6)18-17-33(28,3)4/h9-16,20-22H,7-8,17-19H2,1-6H3,(H,35,36)(H,37,38). The first kappa shape index (κ1) is 28.4. The Labute approximate surface area is 232 Å². The normalized spacial score (nSPS) is 15.5. The molecule has 0 saturated heterocycles. The lowest BCUT2D eigenvalue weighted by Gasteiger charge is -2.42. The molecule has 0 unspecified atom stereocenters. The number of amides is 1. The highest BCUT2D eigenvalue weighted by molar-refractivity contribution is 5.88.